The zero-order valence-electron chi connectivity index (χ0n) is 3.96. The zero-order chi connectivity index (χ0) is 5.28. The molecule has 0 spiro atoms. The van der Waals surface area contributed by atoms with Crippen molar-refractivity contribution in [3.63, 3.8) is 0 Å². The number of hydrogen-bond acceptors (Lipinski definition) is 2. The first-order chi connectivity index (χ1) is 3.30. The summed E-state index contributed by atoms with van der Waals surface area (Å²) >= 11 is 0. The van der Waals surface area contributed by atoms with Gasteiger partial charge in [0.15, 0.2) is 0 Å². The van der Waals surface area contributed by atoms with Crippen LogP contribution in [0.5, 0.6) is 0 Å². The first-order valence-electron chi connectivity index (χ1n) is 2.13. The summed E-state index contributed by atoms with van der Waals surface area (Å²) in [5, 5.41) is 0. The van der Waals surface area contributed by atoms with Crippen molar-refractivity contribution in [2.24, 2.45) is 4.99 Å². The molecule has 0 aliphatic carbocycles. The molecule has 0 saturated heterocycles. The molecular formula is C5H6N2. The van der Waals surface area contributed by atoms with Gasteiger partial charge in [0.2, 0.25) is 0 Å². The van der Waals surface area contributed by atoms with Gasteiger partial charge in [0.1, 0.15) is 5.84 Å². The molecule has 2 nitrogen and oxygen atoms in total. The van der Waals surface area contributed by atoms with Crippen molar-refractivity contribution in [1.29, 1.82) is 0 Å². The summed E-state index contributed by atoms with van der Waals surface area (Å²) in [6.45, 7) is 6.72. The van der Waals surface area contributed by atoms with Crippen LogP contribution in [0, 0.1) is 14.0 Å². The van der Waals surface area contributed by atoms with Crippen molar-refractivity contribution in [2.45, 2.75) is 0 Å². The van der Waals surface area contributed by atoms with Gasteiger partial charge >= 0.3 is 0 Å². The van der Waals surface area contributed by atoms with Crippen molar-refractivity contribution < 1.29 is 0 Å². The van der Waals surface area contributed by atoms with Gasteiger partial charge in [-0.25, -0.2) is 0 Å². The molecule has 0 atom stereocenters. The second-order valence-electron chi connectivity index (χ2n) is 1.43. The van der Waals surface area contributed by atoms with Gasteiger partial charge in [0.05, 0.1) is 13.6 Å². The van der Waals surface area contributed by atoms with Crippen LogP contribution >= 0.6 is 0 Å². The fourth-order valence-electron chi connectivity index (χ4n) is 0.478. The Morgan fingerprint density at radius 3 is 2.57 bits per heavy atom. The summed E-state index contributed by atoms with van der Waals surface area (Å²) in [5.74, 6) is 0.444. The molecule has 7 heavy (non-hydrogen) atoms. The average Bonchev–Trinajstić information content (AvgIpc) is 1.91. The zero-order valence-corrected chi connectivity index (χ0v) is 3.96. The molecule has 0 N–H and O–H groups in total. The average molecular weight is 94.1 g/mol. The summed E-state index contributed by atoms with van der Waals surface area (Å²) in [4.78, 5) is 5.24. The van der Waals surface area contributed by atoms with Crippen LogP contribution in [-0.2, 0) is 0 Å². The molecule has 0 bridgehead atoms. The van der Waals surface area contributed by atoms with E-state index in [-0.39, 0.29) is 0 Å². The van der Waals surface area contributed by atoms with Gasteiger partial charge in [-0.05, 0) is 0 Å². The maximum atomic E-state index is 5.26. The summed E-state index contributed by atoms with van der Waals surface area (Å²) < 4.78 is 0. The molecule has 1 aliphatic heterocycles. The van der Waals surface area contributed by atoms with E-state index in [0.29, 0.717) is 5.84 Å². The van der Waals surface area contributed by atoms with Crippen LogP contribution < -0.4 is 0 Å². The van der Waals surface area contributed by atoms with E-state index in [1.54, 1.807) is 0 Å². The number of nitrogens with zero attached hydrogens (tertiary/aromatic N) is 2. The summed E-state index contributed by atoms with van der Waals surface area (Å²) in [6, 6.07) is 0. The monoisotopic (exact) mass is 94.1 g/mol. The Balaban J connectivity index is 2.54. The molecule has 0 unspecified atom stereocenters. The molecule has 0 aromatic rings. The standard InChI is InChI=1S/C5H6N2/c1-5-6-3-4-7(5)2/h1-2H,3-4H2. The first kappa shape index (κ1) is 4.62. The lowest BCUT2D eigenvalue weighted by atomic mass is 10.6. The Hall–Kier alpha value is -0.530. The summed E-state index contributed by atoms with van der Waals surface area (Å²) in [7, 11) is 5.26. The lowest BCUT2D eigenvalue weighted by Gasteiger charge is -2.05. The van der Waals surface area contributed by atoms with E-state index in [4.69, 9.17) is 14.0 Å². The minimum atomic E-state index is 0.444. The minimum absolute atomic E-state index is 0.444. The quantitative estimate of drug-likeness (QED) is 0.415. The van der Waals surface area contributed by atoms with Crippen molar-refractivity contribution in [1.82, 2.24) is 4.90 Å². The molecule has 4 radical (unpaired) electrons. The van der Waals surface area contributed by atoms with Gasteiger partial charge in [-0.2, -0.15) is 0 Å². The Morgan fingerprint density at radius 2 is 2.43 bits per heavy atom. The van der Waals surface area contributed by atoms with E-state index in [2.05, 4.69) is 4.99 Å². The van der Waals surface area contributed by atoms with Gasteiger partial charge in [0.25, 0.3) is 0 Å². The molecule has 1 heterocycles. The van der Waals surface area contributed by atoms with Crippen LogP contribution in [0.2, 0.25) is 0 Å². The lowest BCUT2D eigenvalue weighted by Crippen LogP contribution is -2.16. The second kappa shape index (κ2) is 1.52. The van der Waals surface area contributed by atoms with Crippen LogP contribution in [0.4, 0.5) is 0 Å². The molecular weight excluding hydrogens is 88.1 g/mol. The third kappa shape index (κ3) is 0.734. The highest BCUT2D eigenvalue weighted by Gasteiger charge is 2.05. The fraction of sp³-hybridized carbons (Fsp3) is 0.400. The molecule has 0 aromatic heterocycles. The maximum Gasteiger partial charge on any atom is 0.104 e. The highest BCUT2D eigenvalue weighted by molar-refractivity contribution is 5.87. The first-order valence-corrected chi connectivity index (χ1v) is 2.13. The van der Waals surface area contributed by atoms with E-state index < -0.39 is 0 Å². The maximum absolute atomic E-state index is 5.26. The van der Waals surface area contributed by atoms with Gasteiger partial charge in [-0.1, -0.05) is 0 Å². The van der Waals surface area contributed by atoms with Crippen LogP contribution in [0.25, 0.3) is 0 Å². The van der Waals surface area contributed by atoms with E-state index >= 15 is 0 Å². The third-order valence-corrected chi connectivity index (χ3v) is 0.909. The van der Waals surface area contributed by atoms with Crippen LogP contribution in [-0.4, -0.2) is 23.8 Å². The fourth-order valence-corrected chi connectivity index (χ4v) is 0.478. The van der Waals surface area contributed by atoms with Crippen molar-refractivity contribution >= 4 is 5.84 Å². The van der Waals surface area contributed by atoms with E-state index in [1.807, 2.05) is 0 Å². The van der Waals surface area contributed by atoms with E-state index in [1.165, 1.54) is 4.90 Å². The Morgan fingerprint density at radius 1 is 1.71 bits per heavy atom. The van der Waals surface area contributed by atoms with Gasteiger partial charge < -0.3 is 4.90 Å². The predicted molar refractivity (Wildman–Crippen MR) is 27.6 cm³/mol. The second-order valence-corrected chi connectivity index (χ2v) is 1.43. The molecule has 0 saturated carbocycles. The largest absolute Gasteiger partial charge is 0.351 e. The van der Waals surface area contributed by atoms with Gasteiger partial charge in [-0.3, -0.25) is 4.99 Å². The number of hydrogen-bond donors (Lipinski definition) is 0. The van der Waals surface area contributed by atoms with Gasteiger partial charge in [0, 0.05) is 13.5 Å². The SMILES string of the molecule is [CH]C1=NCCN1[CH]. The molecule has 0 amide bonds. The summed E-state index contributed by atoms with van der Waals surface area (Å²) in [5.41, 5.74) is 0. The van der Waals surface area contributed by atoms with Crippen molar-refractivity contribution in [2.75, 3.05) is 13.1 Å². The molecule has 1 rings (SSSR count). The van der Waals surface area contributed by atoms with E-state index in [0.717, 1.165) is 13.1 Å². The summed E-state index contributed by atoms with van der Waals surface area (Å²) in [6.07, 6.45) is 0. The Labute approximate surface area is 43.8 Å². The minimum Gasteiger partial charge on any atom is -0.351 e. The van der Waals surface area contributed by atoms with E-state index in [9.17, 15) is 0 Å². The highest BCUT2D eigenvalue weighted by atomic mass is 15.2. The van der Waals surface area contributed by atoms with Crippen LogP contribution in [0.1, 0.15) is 0 Å². The Kier molecular flexibility index (Phi) is 1.01. The molecule has 0 fully saturated rings. The third-order valence-electron chi connectivity index (χ3n) is 0.909. The topological polar surface area (TPSA) is 15.6 Å². The molecule has 36 valence electrons. The normalized spacial score (nSPS) is 20.3. The lowest BCUT2D eigenvalue weighted by molar-refractivity contribution is 0.607. The molecule has 2 heteroatoms. The molecule has 0 aromatic carbocycles. The predicted octanol–water partition coefficient (Wildman–Crippen LogP) is 0.0802. The van der Waals surface area contributed by atoms with Crippen LogP contribution in [0.15, 0.2) is 4.99 Å². The van der Waals surface area contributed by atoms with Crippen LogP contribution in [0.3, 0.4) is 0 Å². The van der Waals surface area contributed by atoms with Crippen molar-refractivity contribution in [3.05, 3.63) is 14.0 Å². The van der Waals surface area contributed by atoms with Crippen molar-refractivity contribution in [3.8, 4) is 0 Å². The van der Waals surface area contributed by atoms with Gasteiger partial charge in [-0.15, -0.1) is 0 Å². The number of amidine groups is 1. The molecule has 1 aliphatic rings. The highest BCUT2D eigenvalue weighted by Crippen LogP contribution is 1.95. The smallest absolute Gasteiger partial charge is 0.104 e. The number of aliphatic imine (C=N–C) groups is 1. The Bertz CT molecular complexity index is 96.3. The number of rotatable bonds is 0.